The monoisotopic (exact) mass is 336 g/mol. The van der Waals surface area contributed by atoms with Crippen molar-refractivity contribution < 1.29 is 24.2 Å². The lowest BCUT2D eigenvalue weighted by Crippen LogP contribution is -2.43. The van der Waals surface area contributed by atoms with Gasteiger partial charge in [0, 0.05) is 26.2 Å². The minimum Gasteiger partial charge on any atom is -0.497 e. The van der Waals surface area contributed by atoms with E-state index in [1.807, 2.05) is 24.3 Å². The van der Waals surface area contributed by atoms with Gasteiger partial charge < -0.3 is 24.8 Å². The van der Waals surface area contributed by atoms with E-state index in [9.17, 15) is 9.59 Å². The van der Waals surface area contributed by atoms with Gasteiger partial charge in [-0.1, -0.05) is 12.1 Å². The van der Waals surface area contributed by atoms with Crippen molar-refractivity contribution in [3.8, 4) is 5.75 Å². The molecule has 1 atom stereocenters. The van der Waals surface area contributed by atoms with E-state index in [-0.39, 0.29) is 25.1 Å². The van der Waals surface area contributed by atoms with Crippen molar-refractivity contribution in [2.45, 2.75) is 31.9 Å². The van der Waals surface area contributed by atoms with Crippen molar-refractivity contribution in [2.24, 2.45) is 0 Å². The highest BCUT2D eigenvalue weighted by atomic mass is 16.5. The van der Waals surface area contributed by atoms with Crippen LogP contribution >= 0.6 is 0 Å². The Morgan fingerprint density at radius 2 is 2.29 bits per heavy atom. The lowest BCUT2D eigenvalue weighted by Gasteiger charge is -2.26. The largest absolute Gasteiger partial charge is 0.497 e. The van der Waals surface area contributed by atoms with Crippen molar-refractivity contribution in [3.05, 3.63) is 29.8 Å². The molecule has 0 bridgehead atoms. The zero-order chi connectivity index (χ0) is 17.4. The SMILES string of the molecule is COc1cccc(CN(CC2CCCO2)C(=O)NCCC(=O)O)c1. The topological polar surface area (TPSA) is 88.1 Å². The summed E-state index contributed by atoms with van der Waals surface area (Å²) in [6.07, 6.45) is 1.86. The molecule has 1 aromatic rings. The smallest absolute Gasteiger partial charge is 0.317 e. The first-order chi connectivity index (χ1) is 11.6. The van der Waals surface area contributed by atoms with Crippen molar-refractivity contribution in [1.82, 2.24) is 10.2 Å². The molecule has 2 rings (SSSR count). The standard InChI is InChI=1S/C17H24N2O5/c1-23-14-5-2-4-13(10-14)11-19(12-15-6-3-9-24-15)17(22)18-8-7-16(20)21/h2,4-5,10,15H,3,6-9,11-12H2,1H3,(H,18,22)(H,20,21). The number of nitrogens with zero attached hydrogens (tertiary/aromatic N) is 1. The van der Waals surface area contributed by atoms with Gasteiger partial charge in [0.25, 0.3) is 0 Å². The van der Waals surface area contributed by atoms with Gasteiger partial charge in [-0.05, 0) is 30.5 Å². The average molecular weight is 336 g/mol. The number of hydrogen-bond acceptors (Lipinski definition) is 4. The maximum atomic E-state index is 12.4. The molecule has 0 spiro atoms. The number of carboxylic acids is 1. The van der Waals surface area contributed by atoms with Gasteiger partial charge >= 0.3 is 12.0 Å². The molecule has 1 aliphatic heterocycles. The van der Waals surface area contributed by atoms with Gasteiger partial charge in [0.05, 0.1) is 19.6 Å². The van der Waals surface area contributed by atoms with Gasteiger partial charge in [-0.25, -0.2) is 4.79 Å². The Bertz CT molecular complexity index is 558. The quantitative estimate of drug-likeness (QED) is 0.756. The highest BCUT2D eigenvalue weighted by Crippen LogP contribution is 2.17. The Labute approximate surface area is 141 Å². The number of aliphatic carboxylic acids is 1. The molecule has 7 nitrogen and oxygen atoms in total. The molecule has 1 aromatic carbocycles. The summed E-state index contributed by atoms with van der Waals surface area (Å²) < 4.78 is 10.8. The molecule has 1 unspecified atom stereocenters. The number of carboxylic acid groups (broad SMARTS) is 1. The summed E-state index contributed by atoms with van der Waals surface area (Å²) in [7, 11) is 1.60. The number of carbonyl (C=O) groups excluding carboxylic acids is 1. The molecular formula is C17H24N2O5. The van der Waals surface area contributed by atoms with Crippen molar-refractivity contribution in [2.75, 3.05) is 26.8 Å². The fraction of sp³-hybridized carbons (Fsp3) is 0.529. The first kappa shape index (κ1) is 18.1. The van der Waals surface area contributed by atoms with E-state index in [0.717, 1.165) is 30.8 Å². The number of benzene rings is 1. The van der Waals surface area contributed by atoms with Crippen LogP contribution in [-0.2, 0) is 16.1 Å². The summed E-state index contributed by atoms with van der Waals surface area (Å²) in [5, 5.41) is 11.3. The van der Waals surface area contributed by atoms with Crippen LogP contribution in [0.25, 0.3) is 0 Å². The predicted molar refractivity (Wildman–Crippen MR) is 88.0 cm³/mol. The molecule has 2 N–H and O–H groups in total. The van der Waals surface area contributed by atoms with Crippen LogP contribution in [0.3, 0.4) is 0 Å². The number of nitrogens with one attached hydrogen (secondary N) is 1. The third kappa shape index (κ3) is 5.73. The fourth-order valence-corrected chi connectivity index (χ4v) is 2.63. The third-order valence-electron chi connectivity index (χ3n) is 3.86. The van der Waals surface area contributed by atoms with Crippen LogP contribution in [-0.4, -0.2) is 54.9 Å². The zero-order valence-corrected chi connectivity index (χ0v) is 13.9. The molecule has 0 aliphatic carbocycles. The van der Waals surface area contributed by atoms with E-state index in [4.69, 9.17) is 14.6 Å². The van der Waals surface area contributed by atoms with Gasteiger partial charge in [0.15, 0.2) is 0 Å². The molecule has 1 fully saturated rings. The zero-order valence-electron chi connectivity index (χ0n) is 13.9. The number of methoxy groups -OCH3 is 1. The molecule has 24 heavy (non-hydrogen) atoms. The summed E-state index contributed by atoms with van der Waals surface area (Å²) >= 11 is 0. The first-order valence-corrected chi connectivity index (χ1v) is 8.07. The van der Waals surface area contributed by atoms with Crippen molar-refractivity contribution in [3.63, 3.8) is 0 Å². The Balaban J connectivity index is 2.00. The van der Waals surface area contributed by atoms with E-state index < -0.39 is 5.97 Å². The van der Waals surface area contributed by atoms with E-state index >= 15 is 0 Å². The summed E-state index contributed by atoms with van der Waals surface area (Å²) in [6.45, 7) is 1.72. The Morgan fingerprint density at radius 1 is 1.46 bits per heavy atom. The summed E-state index contributed by atoms with van der Waals surface area (Å²) in [4.78, 5) is 24.7. The molecule has 1 aliphatic rings. The average Bonchev–Trinajstić information content (AvgIpc) is 3.07. The van der Waals surface area contributed by atoms with E-state index in [0.29, 0.717) is 13.1 Å². The van der Waals surface area contributed by atoms with Gasteiger partial charge in [0.1, 0.15) is 5.75 Å². The van der Waals surface area contributed by atoms with Crippen LogP contribution in [0.4, 0.5) is 4.79 Å². The Morgan fingerprint density at radius 3 is 2.96 bits per heavy atom. The molecular weight excluding hydrogens is 312 g/mol. The van der Waals surface area contributed by atoms with E-state index in [2.05, 4.69) is 5.32 Å². The number of urea groups is 1. The van der Waals surface area contributed by atoms with Crippen molar-refractivity contribution in [1.29, 1.82) is 0 Å². The molecule has 1 saturated heterocycles. The highest BCUT2D eigenvalue weighted by molar-refractivity contribution is 5.75. The molecule has 1 heterocycles. The maximum Gasteiger partial charge on any atom is 0.317 e. The molecule has 0 saturated carbocycles. The summed E-state index contributed by atoms with van der Waals surface area (Å²) in [5.41, 5.74) is 0.945. The first-order valence-electron chi connectivity index (χ1n) is 8.07. The molecule has 0 radical (unpaired) electrons. The predicted octanol–water partition coefficient (Wildman–Crippen LogP) is 1.86. The van der Waals surface area contributed by atoms with E-state index in [1.54, 1.807) is 12.0 Å². The minimum absolute atomic E-state index is 0.0285. The van der Waals surface area contributed by atoms with Crippen molar-refractivity contribution >= 4 is 12.0 Å². The second-order valence-electron chi connectivity index (χ2n) is 5.74. The molecule has 2 amide bonds. The second kappa shape index (κ2) is 9.12. The Hall–Kier alpha value is -2.28. The van der Waals surface area contributed by atoms with Crippen LogP contribution in [0.5, 0.6) is 5.75 Å². The maximum absolute atomic E-state index is 12.4. The Kier molecular flexibility index (Phi) is 6.87. The number of hydrogen-bond donors (Lipinski definition) is 2. The molecule has 7 heteroatoms. The van der Waals surface area contributed by atoms with E-state index in [1.165, 1.54) is 0 Å². The lowest BCUT2D eigenvalue weighted by molar-refractivity contribution is -0.136. The van der Waals surface area contributed by atoms with Gasteiger partial charge in [-0.3, -0.25) is 4.79 Å². The van der Waals surface area contributed by atoms with Crippen LogP contribution < -0.4 is 10.1 Å². The van der Waals surface area contributed by atoms with Crippen LogP contribution in [0, 0.1) is 0 Å². The number of ether oxygens (including phenoxy) is 2. The second-order valence-corrected chi connectivity index (χ2v) is 5.74. The third-order valence-corrected chi connectivity index (χ3v) is 3.86. The van der Waals surface area contributed by atoms with Crippen LogP contribution in [0.15, 0.2) is 24.3 Å². The normalized spacial score (nSPS) is 16.6. The van der Waals surface area contributed by atoms with Crippen LogP contribution in [0.1, 0.15) is 24.8 Å². The van der Waals surface area contributed by atoms with Gasteiger partial charge in [-0.15, -0.1) is 0 Å². The molecule has 0 aromatic heterocycles. The van der Waals surface area contributed by atoms with Gasteiger partial charge in [-0.2, -0.15) is 0 Å². The number of carbonyl (C=O) groups is 2. The minimum atomic E-state index is -0.936. The highest BCUT2D eigenvalue weighted by Gasteiger charge is 2.23. The van der Waals surface area contributed by atoms with Gasteiger partial charge in [0.2, 0.25) is 0 Å². The lowest BCUT2D eigenvalue weighted by atomic mass is 10.2. The fourth-order valence-electron chi connectivity index (χ4n) is 2.63. The number of amides is 2. The summed E-state index contributed by atoms with van der Waals surface area (Å²) in [6, 6.07) is 7.25. The van der Waals surface area contributed by atoms with Crippen LogP contribution in [0.2, 0.25) is 0 Å². The number of rotatable bonds is 8. The summed E-state index contributed by atoms with van der Waals surface area (Å²) in [5.74, 6) is -0.204. The molecule has 132 valence electrons.